The molecule has 0 saturated heterocycles. The number of thiazole rings is 1. The summed E-state index contributed by atoms with van der Waals surface area (Å²) in [5.41, 5.74) is 8.14. The lowest BCUT2D eigenvalue weighted by Gasteiger charge is -1.89. The molecule has 0 spiro atoms. The predicted octanol–water partition coefficient (Wildman–Crippen LogP) is 2.53. The van der Waals surface area contributed by atoms with Gasteiger partial charge < -0.3 is 10.3 Å². The van der Waals surface area contributed by atoms with E-state index in [0.717, 1.165) is 26.6 Å². The summed E-state index contributed by atoms with van der Waals surface area (Å²) < 4.78 is 5.84. The van der Waals surface area contributed by atoms with E-state index in [9.17, 15) is 0 Å². The second-order valence-corrected chi connectivity index (χ2v) is 4.16. The molecule has 2 N–H and O–H groups in total. The van der Waals surface area contributed by atoms with Gasteiger partial charge >= 0.3 is 0 Å². The van der Waals surface area contributed by atoms with Crippen LogP contribution >= 0.6 is 11.3 Å². The lowest BCUT2D eigenvalue weighted by molar-refractivity contribution is 0.422. The Morgan fingerprint density at radius 1 is 1.27 bits per heavy atom. The number of hydrogen-bond donors (Lipinski definition) is 1. The topological polar surface area (TPSA) is 64.9 Å². The fraction of sp³-hybridized carbons (Fsp3) is 0. The van der Waals surface area contributed by atoms with Crippen LogP contribution in [-0.2, 0) is 0 Å². The van der Waals surface area contributed by atoms with Gasteiger partial charge in [0.2, 0.25) is 0 Å². The van der Waals surface area contributed by atoms with Crippen LogP contribution in [0, 0.1) is 0 Å². The molecule has 3 rings (SSSR count). The quantitative estimate of drug-likeness (QED) is 0.636. The maximum Gasteiger partial charge on any atom is 0.146 e. The highest BCUT2D eigenvalue weighted by Crippen LogP contribution is 2.30. The summed E-state index contributed by atoms with van der Waals surface area (Å²) in [6, 6.07) is 7.46. The summed E-state index contributed by atoms with van der Waals surface area (Å²) in [5, 5.41) is 4.70. The van der Waals surface area contributed by atoms with Crippen molar-refractivity contribution in [1.29, 1.82) is 0 Å². The molecule has 0 aliphatic carbocycles. The monoisotopic (exact) mass is 217 g/mol. The van der Waals surface area contributed by atoms with E-state index in [1.54, 1.807) is 17.4 Å². The largest absolute Gasteiger partial charge is 0.399 e. The number of rotatable bonds is 1. The number of hydrogen-bond acceptors (Lipinski definition) is 5. The molecule has 0 saturated carbocycles. The van der Waals surface area contributed by atoms with Crippen LogP contribution in [0.5, 0.6) is 0 Å². The summed E-state index contributed by atoms with van der Waals surface area (Å²) >= 11 is 1.56. The highest BCUT2D eigenvalue weighted by molar-refractivity contribution is 7.21. The van der Waals surface area contributed by atoms with Gasteiger partial charge in [0.25, 0.3) is 0 Å². The third kappa shape index (κ3) is 1.37. The van der Waals surface area contributed by atoms with E-state index in [2.05, 4.69) is 10.1 Å². The number of nitrogens with two attached hydrogens (primary N) is 1. The van der Waals surface area contributed by atoms with E-state index in [1.807, 2.05) is 18.2 Å². The summed E-state index contributed by atoms with van der Waals surface area (Å²) in [7, 11) is 0. The number of anilines is 1. The lowest BCUT2D eigenvalue weighted by Crippen LogP contribution is -1.81. The molecule has 0 fully saturated rings. The zero-order chi connectivity index (χ0) is 10.3. The molecule has 0 amide bonds. The zero-order valence-corrected chi connectivity index (χ0v) is 8.49. The van der Waals surface area contributed by atoms with Crippen molar-refractivity contribution >= 4 is 27.2 Å². The number of fused-ring (bicyclic) bond motifs is 1. The van der Waals surface area contributed by atoms with Crippen LogP contribution < -0.4 is 5.73 Å². The van der Waals surface area contributed by atoms with Crippen LogP contribution in [0.4, 0.5) is 5.69 Å². The van der Waals surface area contributed by atoms with E-state index >= 15 is 0 Å². The predicted molar refractivity (Wildman–Crippen MR) is 59.5 cm³/mol. The van der Waals surface area contributed by atoms with Crippen molar-refractivity contribution in [3.05, 3.63) is 30.5 Å². The second kappa shape index (κ2) is 3.06. The van der Waals surface area contributed by atoms with Gasteiger partial charge in [0.15, 0.2) is 0 Å². The zero-order valence-electron chi connectivity index (χ0n) is 7.68. The number of nitrogens with zero attached hydrogens (tertiary/aromatic N) is 2. The highest BCUT2D eigenvalue weighted by atomic mass is 32.1. The van der Waals surface area contributed by atoms with E-state index in [-0.39, 0.29) is 0 Å². The molecule has 2 aromatic heterocycles. The van der Waals surface area contributed by atoms with Crippen LogP contribution in [0.3, 0.4) is 0 Å². The maximum atomic E-state index is 5.70. The molecule has 4 nitrogen and oxygen atoms in total. The average molecular weight is 217 g/mol. The third-order valence-electron chi connectivity index (χ3n) is 2.07. The molecular weight excluding hydrogens is 210 g/mol. The SMILES string of the molecule is Nc1ccc2nc(-c3ccon3)sc2c1. The first kappa shape index (κ1) is 8.43. The van der Waals surface area contributed by atoms with Gasteiger partial charge in [0.1, 0.15) is 17.0 Å². The normalized spacial score (nSPS) is 10.9. The Balaban J connectivity index is 2.22. The first-order valence-electron chi connectivity index (χ1n) is 4.40. The standard InChI is InChI=1S/C10H7N3OS/c11-6-1-2-7-9(5-6)15-10(12-7)8-3-4-14-13-8/h1-5H,11H2. The third-order valence-corrected chi connectivity index (χ3v) is 3.11. The smallest absolute Gasteiger partial charge is 0.146 e. The summed E-state index contributed by atoms with van der Waals surface area (Å²) in [6.07, 6.45) is 1.54. The highest BCUT2D eigenvalue weighted by Gasteiger charge is 2.08. The van der Waals surface area contributed by atoms with Gasteiger partial charge in [0, 0.05) is 11.8 Å². The van der Waals surface area contributed by atoms with Crippen LogP contribution in [-0.4, -0.2) is 10.1 Å². The second-order valence-electron chi connectivity index (χ2n) is 3.13. The molecule has 15 heavy (non-hydrogen) atoms. The minimum atomic E-state index is 0.748. The summed E-state index contributed by atoms with van der Waals surface area (Å²) in [6.45, 7) is 0. The van der Waals surface area contributed by atoms with Crippen molar-refractivity contribution in [2.24, 2.45) is 0 Å². The maximum absolute atomic E-state index is 5.70. The average Bonchev–Trinajstić information content (AvgIpc) is 2.84. The Kier molecular flexibility index (Phi) is 1.72. The number of benzene rings is 1. The van der Waals surface area contributed by atoms with Crippen LogP contribution in [0.2, 0.25) is 0 Å². The number of nitrogen functional groups attached to an aromatic ring is 1. The molecule has 3 aromatic rings. The fourth-order valence-corrected chi connectivity index (χ4v) is 2.35. The van der Waals surface area contributed by atoms with Gasteiger partial charge in [0.05, 0.1) is 10.2 Å². The Labute approximate surface area is 89.3 Å². The van der Waals surface area contributed by atoms with E-state index in [0.29, 0.717) is 0 Å². The molecule has 0 aliphatic rings. The van der Waals surface area contributed by atoms with Crippen molar-refractivity contribution < 1.29 is 4.52 Å². The van der Waals surface area contributed by atoms with E-state index < -0.39 is 0 Å². The van der Waals surface area contributed by atoms with Crippen molar-refractivity contribution in [1.82, 2.24) is 10.1 Å². The molecule has 5 heteroatoms. The fourth-order valence-electron chi connectivity index (χ4n) is 1.37. The van der Waals surface area contributed by atoms with Crippen molar-refractivity contribution in [2.45, 2.75) is 0 Å². The van der Waals surface area contributed by atoms with Gasteiger partial charge in [-0.05, 0) is 18.2 Å². The first-order valence-corrected chi connectivity index (χ1v) is 5.21. The van der Waals surface area contributed by atoms with Crippen molar-refractivity contribution in [3.63, 3.8) is 0 Å². The molecule has 2 heterocycles. The molecule has 1 aromatic carbocycles. The molecular formula is C10H7N3OS. The van der Waals surface area contributed by atoms with Gasteiger partial charge in [-0.3, -0.25) is 0 Å². The summed E-state index contributed by atoms with van der Waals surface area (Å²) in [4.78, 5) is 4.44. The first-order chi connectivity index (χ1) is 7.33. The Morgan fingerprint density at radius 3 is 3.00 bits per heavy atom. The number of aromatic nitrogens is 2. The molecule has 0 atom stereocenters. The van der Waals surface area contributed by atoms with Gasteiger partial charge in [-0.1, -0.05) is 5.16 Å². The molecule has 0 aliphatic heterocycles. The van der Waals surface area contributed by atoms with Gasteiger partial charge in [-0.2, -0.15) is 0 Å². The van der Waals surface area contributed by atoms with Crippen LogP contribution in [0.15, 0.2) is 35.1 Å². The van der Waals surface area contributed by atoms with Crippen molar-refractivity contribution in [3.8, 4) is 10.7 Å². The Morgan fingerprint density at radius 2 is 2.20 bits per heavy atom. The molecule has 0 bridgehead atoms. The van der Waals surface area contributed by atoms with Crippen molar-refractivity contribution in [2.75, 3.05) is 5.73 Å². The molecule has 0 unspecified atom stereocenters. The van der Waals surface area contributed by atoms with Crippen LogP contribution in [0.1, 0.15) is 0 Å². The Hall–Kier alpha value is -1.88. The van der Waals surface area contributed by atoms with E-state index in [4.69, 9.17) is 10.3 Å². The minimum absolute atomic E-state index is 0.748. The Bertz CT molecular complexity index is 600. The van der Waals surface area contributed by atoms with Gasteiger partial charge in [-0.25, -0.2) is 4.98 Å². The summed E-state index contributed by atoms with van der Waals surface area (Å²) in [5.74, 6) is 0. The van der Waals surface area contributed by atoms with Gasteiger partial charge in [-0.15, -0.1) is 11.3 Å². The molecule has 0 radical (unpaired) electrons. The van der Waals surface area contributed by atoms with E-state index in [1.165, 1.54) is 6.26 Å². The van der Waals surface area contributed by atoms with Crippen LogP contribution in [0.25, 0.3) is 20.9 Å². The lowest BCUT2D eigenvalue weighted by atomic mass is 10.3. The minimum Gasteiger partial charge on any atom is -0.399 e. The molecule has 74 valence electrons.